The third-order valence-electron chi connectivity index (χ3n) is 11.0. The number of carbonyl (C=O) groups is 4. The van der Waals surface area contributed by atoms with Crippen LogP contribution in [0.3, 0.4) is 0 Å². The van der Waals surface area contributed by atoms with E-state index in [0.717, 1.165) is 12.8 Å². The van der Waals surface area contributed by atoms with E-state index in [1.54, 1.807) is 0 Å². The number of fused-ring (bicyclic) bond motifs is 1. The van der Waals surface area contributed by atoms with Gasteiger partial charge in [0.1, 0.15) is 48.4 Å². The lowest BCUT2D eigenvalue weighted by Gasteiger charge is -2.39. The number of rotatable bonds is 24. The van der Waals surface area contributed by atoms with Crippen molar-refractivity contribution in [1.82, 2.24) is 20.6 Å². The van der Waals surface area contributed by atoms with Crippen LogP contribution in [0.15, 0.2) is 4.79 Å². The number of hydrogen-bond donors (Lipinski definition) is 15. The molecule has 2 aliphatic heterocycles. The molecule has 27 heteroatoms. The summed E-state index contributed by atoms with van der Waals surface area (Å²) in [6, 6.07) is -1.92. The Labute approximate surface area is 354 Å². The lowest BCUT2D eigenvalue weighted by molar-refractivity contribution is -0.193. The minimum absolute atomic E-state index is 0.0106. The number of nitrogens with zero attached hydrogens (tertiary/aromatic N) is 1. The van der Waals surface area contributed by atoms with Crippen LogP contribution < -0.4 is 32.6 Å². The third kappa shape index (κ3) is 14.5. The van der Waals surface area contributed by atoms with E-state index in [0.29, 0.717) is 24.3 Å². The molecule has 1 saturated carbocycles. The number of aromatic amines is 1. The number of H-pyrrole nitrogens is 1. The summed E-state index contributed by atoms with van der Waals surface area (Å²) in [5, 5.41) is 92.2. The smallest absolute Gasteiger partial charge is 0.473 e. The van der Waals surface area contributed by atoms with Gasteiger partial charge in [-0.05, 0) is 64.7 Å². The van der Waals surface area contributed by atoms with Crippen molar-refractivity contribution < 1.29 is 88.0 Å². The van der Waals surface area contributed by atoms with Crippen LogP contribution >= 0.6 is 7.82 Å². The van der Waals surface area contributed by atoms with Crippen LogP contribution in [0.1, 0.15) is 71.6 Å². The normalized spacial score (nSPS) is 28.7. The lowest BCUT2D eigenvalue weighted by Crippen LogP contribution is -2.56. The van der Waals surface area contributed by atoms with Crippen LogP contribution in [0.4, 0.5) is 17.5 Å². The van der Waals surface area contributed by atoms with Crippen molar-refractivity contribution in [2.45, 2.75) is 151 Å². The average molecular weight is 912 g/mol. The van der Waals surface area contributed by atoms with E-state index in [2.05, 4.69) is 25.9 Å². The lowest BCUT2D eigenvalue weighted by atomic mass is 9.81. The average Bonchev–Trinajstić information content (AvgIpc) is 3.46. The van der Waals surface area contributed by atoms with Crippen molar-refractivity contribution in [3.05, 3.63) is 10.4 Å². The number of aliphatic hydroxyl groups excluding tert-OH is 5. The van der Waals surface area contributed by atoms with Crippen molar-refractivity contribution in [3.8, 4) is 0 Å². The number of ether oxygens (including phenoxy) is 2. The molecule has 2 fully saturated rings. The molecule has 0 radical (unpaired) electrons. The van der Waals surface area contributed by atoms with Gasteiger partial charge in [-0.25, -0.2) is 9.36 Å². The molecule has 16 N–H and O–H groups in total. The molecule has 1 aromatic heterocycles. The van der Waals surface area contributed by atoms with Gasteiger partial charge in [0.15, 0.2) is 12.1 Å². The van der Waals surface area contributed by atoms with Gasteiger partial charge in [-0.2, -0.15) is 4.98 Å². The number of amides is 1. The van der Waals surface area contributed by atoms with Gasteiger partial charge in [-0.15, -0.1) is 0 Å². The predicted octanol–water partition coefficient (Wildman–Crippen LogP) is -2.78. The number of aromatic nitrogens is 2. The van der Waals surface area contributed by atoms with Crippen molar-refractivity contribution in [3.63, 3.8) is 0 Å². The highest BCUT2D eigenvalue weighted by atomic mass is 31.2. The second-order valence-electron chi connectivity index (χ2n) is 15.8. The van der Waals surface area contributed by atoms with Crippen molar-refractivity contribution in [2.24, 2.45) is 5.92 Å². The summed E-state index contributed by atoms with van der Waals surface area (Å²) in [6.45, 7) is 2.30. The molecule has 13 atom stereocenters. The maximum atomic E-state index is 12.8. The standard InChI is InChI=1S/C35H58N7O19P/c1-14(25-15(2)38-30-26(40-25)32(53)42-35(36)41-30)37-17-5-3-16(4-6-17)11-19(43)27(49)20(44)12-58-34-29(51)28(50)22(60-34)13-59-62(56,57)61-21(8-10-24(47)48)31(52)39-18(33(54)55)7-9-23(45)46/h14-22,25,27-29,34,37,40,43-44,49-51H,3-13H2,1-2H3,(H,39,52)(H,45,46)(H,47,48)(H,54,55)(H,56,57)(H4,36,38,41,42,53). The number of nitrogen functional groups attached to an aromatic ring is 1. The molecule has 1 saturated heterocycles. The number of phosphoric acid groups is 1. The van der Waals surface area contributed by atoms with E-state index in [4.69, 9.17) is 34.5 Å². The van der Waals surface area contributed by atoms with Crippen LogP contribution in [0, 0.1) is 5.92 Å². The number of anilines is 3. The molecule has 3 aliphatic rings. The number of nitrogens with one attached hydrogen (secondary N) is 5. The fraction of sp³-hybridized carbons (Fsp3) is 0.771. The van der Waals surface area contributed by atoms with Gasteiger partial charge in [0.25, 0.3) is 11.5 Å². The molecule has 13 unspecified atom stereocenters. The number of aliphatic hydroxyl groups is 5. The number of nitrogens with two attached hydrogens (primary N) is 1. The SMILES string of the molecule is CC1Nc2nc(N)[nH]c(=O)c2NC1C(C)NC1CCC(CC(O)C(O)C(O)COC2OC(COP(=O)(O)OC(CCC(=O)O)C(=O)NC(CCC(=O)O)C(=O)O)C(O)C2O)CC1. The summed E-state index contributed by atoms with van der Waals surface area (Å²) in [4.78, 5) is 75.6. The molecule has 62 heavy (non-hydrogen) atoms. The van der Waals surface area contributed by atoms with E-state index in [1.807, 2.05) is 19.2 Å². The van der Waals surface area contributed by atoms with Crippen molar-refractivity contribution in [1.29, 1.82) is 0 Å². The van der Waals surface area contributed by atoms with Crippen LogP contribution in [0.5, 0.6) is 0 Å². The largest absolute Gasteiger partial charge is 0.481 e. The summed E-state index contributed by atoms with van der Waals surface area (Å²) < 4.78 is 33.1. The van der Waals surface area contributed by atoms with Crippen molar-refractivity contribution >= 4 is 49.1 Å². The molecule has 26 nitrogen and oxygen atoms in total. The first-order valence-corrected chi connectivity index (χ1v) is 21.5. The molecule has 1 aromatic rings. The Morgan fingerprint density at radius 1 is 0.984 bits per heavy atom. The maximum Gasteiger partial charge on any atom is 0.473 e. The molecule has 1 amide bonds. The topological polar surface area (TPSA) is 424 Å². The highest BCUT2D eigenvalue weighted by molar-refractivity contribution is 7.47. The fourth-order valence-corrected chi connectivity index (χ4v) is 8.50. The number of aliphatic carboxylic acids is 3. The van der Waals surface area contributed by atoms with Gasteiger partial charge in [-0.3, -0.25) is 33.2 Å². The van der Waals surface area contributed by atoms with Gasteiger partial charge in [0.2, 0.25) is 5.95 Å². The summed E-state index contributed by atoms with van der Waals surface area (Å²) in [5.74, 6) is -5.42. The third-order valence-corrected chi connectivity index (χ3v) is 12.0. The highest BCUT2D eigenvalue weighted by Crippen LogP contribution is 2.46. The summed E-state index contributed by atoms with van der Waals surface area (Å²) >= 11 is 0. The Hall–Kier alpha value is -4.05. The minimum atomic E-state index is -5.31. The fourth-order valence-electron chi connectivity index (χ4n) is 7.58. The van der Waals surface area contributed by atoms with Gasteiger partial charge < -0.3 is 82.2 Å². The molecular formula is C35H58N7O19P. The van der Waals surface area contributed by atoms with Crippen LogP contribution in [-0.4, -0.2) is 172 Å². The van der Waals surface area contributed by atoms with Gasteiger partial charge in [-0.1, -0.05) is 0 Å². The van der Waals surface area contributed by atoms with Gasteiger partial charge in [0, 0.05) is 31.0 Å². The summed E-state index contributed by atoms with van der Waals surface area (Å²) in [5.41, 5.74) is 5.60. The zero-order valence-corrected chi connectivity index (χ0v) is 34.8. The quantitative estimate of drug-likeness (QED) is 0.0467. The number of carboxylic acid groups (broad SMARTS) is 3. The van der Waals surface area contributed by atoms with E-state index in [-0.39, 0.29) is 48.0 Å². The molecule has 352 valence electrons. The molecule has 3 heterocycles. The van der Waals surface area contributed by atoms with Crippen LogP contribution in [0.25, 0.3) is 0 Å². The van der Waals surface area contributed by atoms with Crippen molar-refractivity contribution in [2.75, 3.05) is 29.6 Å². The zero-order chi connectivity index (χ0) is 46.1. The molecule has 4 rings (SSSR count). The Morgan fingerprint density at radius 2 is 1.63 bits per heavy atom. The second kappa shape index (κ2) is 22.5. The van der Waals surface area contributed by atoms with Gasteiger partial charge in [0.05, 0.1) is 25.4 Å². The number of phosphoric ester groups is 1. The van der Waals surface area contributed by atoms with E-state index in [1.165, 1.54) is 0 Å². The number of carbonyl (C=O) groups excluding carboxylic acids is 1. The molecular weight excluding hydrogens is 853 g/mol. The monoisotopic (exact) mass is 911 g/mol. The number of carboxylic acids is 3. The summed E-state index contributed by atoms with van der Waals surface area (Å²) in [7, 11) is -5.31. The van der Waals surface area contributed by atoms with E-state index in [9.17, 15) is 64.1 Å². The molecule has 0 aromatic carbocycles. The summed E-state index contributed by atoms with van der Waals surface area (Å²) in [6.07, 6.45) is -13.3. The minimum Gasteiger partial charge on any atom is -0.481 e. The maximum absolute atomic E-state index is 12.8. The first-order chi connectivity index (χ1) is 29.0. The van der Waals surface area contributed by atoms with Crippen LogP contribution in [0.2, 0.25) is 0 Å². The van der Waals surface area contributed by atoms with Crippen LogP contribution in [-0.2, 0) is 42.3 Å². The Balaban J connectivity index is 1.20. The van der Waals surface area contributed by atoms with Gasteiger partial charge >= 0.3 is 25.7 Å². The Bertz CT molecular complexity index is 1800. The molecule has 1 aliphatic carbocycles. The zero-order valence-electron chi connectivity index (χ0n) is 33.9. The first kappa shape index (κ1) is 50.6. The Morgan fingerprint density at radius 3 is 2.26 bits per heavy atom. The molecule has 0 bridgehead atoms. The molecule has 0 spiro atoms. The van der Waals surface area contributed by atoms with E-state index >= 15 is 0 Å². The van der Waals surface area contributed by atoms with E-state index < -0.39 is 126 Å². The Kier molecular flexibility index (Phi) is 18.4. The second-order valence-corrected chi connectivity index (χ2v) is 17.2. The predicted molar refractivity (Wildman–Crippen MR) is 211 cm³/mol. The number of hydrogen-bond acceptors (Lipinski definition) is 20. The highest BCUT2D eigenvalue weighted by Gasteiger charge is 2.46. The first-order valence-electron chi connectivity index (χ1n) is 20.0.